The van der Waals surface area contributed by atoms with Crippen LogP contribution in [-0.2, 0) is 0 Å². The molecule has 1 aliphatic rings. The van der Waals surface area contributed by atoms with Crippen LogP contribution in [0.2, 0.25) is 0 Å². The van der Waals surface area contributed by atoms with Gasteiger partial charge in [0.05, 0.1) is 0 Å². The average molecular weight is 690 g/mol. The van der Waals surface area contributed by atoms with E-state index < -0.39 is 0 Å². The van der Waals surface area contributed by atoms with E-state index in [1.165, 1.54) is 0 Å². The first-order valence-corrected chi connectivity index (χ1v) is 17.0. The highest BCUT2D eigenvalue weighted by atomic mass is 15.0. The number of hydrogen-bond acceptors (Lipinski definition) is 7. The lowest BCUT2D eigenvalue weighted by atomic mass is 10.0. The lowest BCUT2D eigenvalue weighted by Crippen LogP contribution is -1.85. The van der Waals surface area contributed by atoms with E-state index in [-0.39, 0.29) is 0 Å². The number of fused-ring (bicyclic) bond motifs is 15. The van der Waals surface area contributed by atoms with Crippen LogP contribution in [0.25, 0.3) is 66.9 Å². The Hall–Kier alpha value is -8.19. The highest BCUT2D eigenvalue weighted by molar-refractivity contribution is 6.08. The monoisotopic (exact) mass is 689 g/mol. The molecule has 7 heterocycles. The van der Waals surface area contributed by atoms with Gasteiger partial charge in [0.1, 0.15) is 22.6 Å². The number of pyridine rings is 3. The summed E-state index contributed by atoms with van der Waals surface area (Å²) in [5.74, 6) is 20.5. The van der Waals surface area contributed by atoms with Gasteiger partial charge < -0.3 is 9.97 Å². The Labute approximate surface area is 308 Å². The number of aromatic nitrogens is 9. The van der Waals surface area contributed by atoms with E-state index in [0.29, 0.717) is 34.2 Å². The molecule has 9 nitrogen and oxygen atoms in total. The van der Waals surface area contributed by atoms with Crippen LogP contribution < -0.4 is 0 Å². The van der Waals surface area contributed by atoms with E-state index in [4.69, 9.17) is 19.9 Å². The summed E-state index contributed by atoms with van der Waals surface area (Å²) in [5, 5.41) is 3.50. The van der Waals surface area contributed by atoms with E-state index in [1.54, 1.807) is 37.2 Å². The molecule has 3 aromatic carbocycles. The number of nitrogens with zero attached hydrogens (tertiary/aromatic N) is 7. The van der Waals surface area contributed by atoms with Crippen molar-refractivity contribution in [2.24, 2.45) is 0 Å². The SMILES string of the molecule is C(#Cc1ccc2c(c1)-c1nc-2nc2[nH]c(nc3[nH]c(n1)c1cc(C#Cc4cccnc4)ccc31)c1ccc(C#Cc3cccnc3)cc21)c1cccnc1. The summed E-state index contributed by atoms with van der Waals surface area (Å²) in [4.78, 5) is 40.0. The molecule has 0 radical (unpaired) electrons. The van der Waals surface area contributed by atoms with Crippen molar-refractivity contribution in [1.29, 1.82) is 0 Å². The molecule has 0 fully saturated rings. The molecule has 9 heteroatoms. The number of benzene rings is 3. The molecule has 0 spiro atoms. The van der Waals surface area contributed by atoms with Crippen molar-refractivity contribution in [2.75, 3.05) is 0 Å². The van der Waals surface area contributed by atoms with E-state index in [1.807, 2.05) is 91.0 Å². The summed E-state index contributed by atoms with van der Waals surface area (Å²) in [5.41, 5.74) is 9.14. The van der Waals surface area contributed by atoms with E-state index in [9.17, 15) is 0 Å². The Morgan fingerprint density at radius 3 is 1.26 bits per heavy atom. The second-order valence-corrected chi connectivity index (χ2v) is 12.5. The van der Waals surface area contributed by atoms with Gasteiger partial charge in [-0.2, -0.15) is 0 Å². The standard InChI is InChI=1S/C45H23N9/c1-4-31(25-46-19-1)10-7-28-13-16-34-37(22-28)43-50-40(34)49-41-35-17-14-29(8-11-32-5-2-20-47-26-32)23-38(35)44(51-41)54-45-39-24-30(9-12-33-6-3-21-48-27-33)15-18-36(39)42(52-43)53-45/h1-6,13-27H,(H2,49,50,51,52,53,54). The van der Waals surface area contributed by atoms with Crippen LogP contribution in [0.1, 0.15) is 33.4 Å². The Balaban J connectivity index is 1.22. The molecule has 248 valence electrons. The lowest BCUT2D eigenvalue weighted by Gasteiger charge is -2.00. The van der Waals surface area contributed by atoms with Crippen molar-refractivity contribution in [3.8, 4) is 58.3 Å². The zero-order valence-electron chi connectivity index (χ0n) is 28.3. The summed E-state index contributed by atoms with van der Waals surface area (Å²) in [6, 6.07) is 29.5. The maximum Gasteiger partial charge on any atom is 0.164 e. The van der Waals surface area contributed by atoms with Crippen molar-refractivity contribution in [1.82, 2.24) is 44.9 Å². The molecule has 0 saturated heterocycles. The Bertz CT molecular complexity index is 3220. The van der Waals surface area contributed by atoms with Gasteiger partial charge in [-0.15, -0.1) is 0 Å². The van der Waals surface area contributed by atoms with Gasteiger partial charge >= 0.3 is 0 Å². The van der Waals surface area contributed by atoms with Gasteiger partial charge in [-0.25, -0.2) is 19.9 Å². The van der Waals surface area contributed by atoms with Crippen molar-refractivity contribution in [3.63, 3.8) is 0 Å². The topological polar surface area (TPSA) is 122 Å². The zero-order valence-corrected chi connectivity index (χ0v) is 28.3. The Morgan fingerprint density at radius 1 is 0.352 bits per heavy atom. The second-order valence-electron chi connectivity index (χ2n) is 12.5. The summed E-state index contributed by atoms with van der Waals surface area (Å²) < 4.78 is 0. The van der Waals surface area contributed by atoms with Crippen LogP contribution in [0.3, 0.4) is 0 Å². The van der Waals surface area contributed by atoms with Gasteiger partial charge in [-0.1, -0.05) is 35.5 Å². The maximum atomic E-state index is 5.13. The number of H-pyrrole nitrogens is 2. The van der Waals surface area contributed by atoms with Gasteiger partial charge in [0.2, 0.25) is 0 Å². The molecule has 10 rings (SSSR count). The molecule has 0 unspecified atom stereocenters. The second kappa shape index (κ2) is 12.9. The van der Waals surface area contributed by atoms with E-state index in [0.717, 1.165) is 66.1 Å². The minimum Gasteiger partial charge on any atom is -0.324 e. The smallest absolute Gasteiger partial charge is 0.164 e. The predicted molar refractivity (Wildman–Crippen MR) is 209 cm³/mol. The molecular weight excluding hydrogens is 667 g/mol. The van der Waals surface area contributed by atoms with Gasteiger partial charge in [-0.3, -0.25) is 15.0 Å². The third kappa shape index (κ3) is 5.78. The first kappa shape index (κ1) is 30.6. The van der Waals surface area contributed by atoms with Crippen LogP contribution in [0.15, 0.2) is 128 Å². The lowest BCUT2D eigenvalue weighted by molar-refractivity contribution is 1.20. The van der Waals surface area contributed by atoms with Crippen LogP contribution >= 0.6 is 0 Å². The first-order valence-electron chi connectivity index (χ1n) is 17.0. The number of aromatic amines is 2. The highest BCUT2D eigenvalue weighted by Gasteiger charge is 2.21. The normalized spacial score (nSPS) is 10.9. The Morgan fingerprint density at radius 2 is 0.778 bits per heavy atom. The van der Waals surface area contributed by atoms with Crippen LogP contribution in [0.4, 0.5) is 0 Å². The minimum atomic E-state index is 0.509. The third-order valence-corrected chi connectivity index (χ3v) is 8.94. The Kier molecular flexibility index (Phi) is 7.29. The molecule has 0 aliphatic carbocycles. The van der Waals surface area contributed by atoms with Crippen LogP contribution in [0.5, 0.6) is 0 Å². The van der Waals surface area contributed by atoms with Crippen molar-refractivity contribution < 1.29 is 0 Å². The fourth-order valence-electron chi connectivity index (χ4n) is 6.36. The van der Waals surface area contributed by atoms with Crippen molar-refractivity contribution in [3.05, 3.63) is 162 Å². The quantitative estimate of drug-likeness (QED) is 0.157. The molecule has 1 aliphatic heterocycles. The van der Waals surface area contributed by atoms with E-state index >= 15 is 0 Å². The van der Waals surface area contributed by atoms with Crippen molar-refractivity contribution >= 4 is 44.1 Å². The summed E-state index contributed by atoms with van der Waals surface area (Å²) >= 11 is 0. The van der Waals surface area contributed by atoms with Gasteiger partial charge in [0.25, 0.3) is 0 Å². The molecule has 6 aromatic heterocycles. The molecular formula is C45H23N9. The number of hydrogen-bond donors (Lipinski definition) is 2. The molecule has 54 heavy (non-hydrogen) atoms. The zero-order chi connectivity index (χ0) is 35.8. The largest absolute Gasteiger partial charge is 0.324 e. The average Bonchev–Trinajstić information content (AvgIpc) is 3.86. The van der Waals surface area contributed by atoms with E-state index in [2.05, 4.69) is 60.4 Å². The van der Waals surface area contributed by atoms with Gasteiger partial charge in [0.15, 0.2) is 11.6 Å². The summed E-state index contributed by atoms with van der Waals surface area (Å²) in [7, 11) is 0. The fraction of sp³-hybridized carbons (Fsp3) is 0. The summed E-state index contributed by atoms with van der Waals surface area (Å²) in [6.07, 6.45) is 10.4. The molecule has 0 amide bonds. The van der Waals surface area contributed by atoms with Gasteiger partial charge in [0, 0.05) is 103 Å². The minimum absolute atomic E-state index is 0.509. The first-order chi connectivity index (χ1) is 26.7. The molecule has 2 N–H and O–H groups in total. The molecule has 6 bridgehead atoms. The molecule has 0 atom stereocenters. The van der Waals surface area contributed by atoms with Crippen LogP contribution in [0, 0.1) is 35.5 Å². The van der Waals surface area contributed by atoms with Crippen molar-refractivity contribution in [2.45, 2.75) is 0 Å². The third-order valence-electron chi connectivity index (χ3n) is 8.94. The van der Waals surface area contributed by atoms with Gasteiger partial charge in [-0.05, 0) is 91.0 Å². The fourth-order valence-corrected chi connectivity index (χ4v) is 6.36. The molecule has 9 aromatic rings. The highest BCUT2D eigenvalue weighted by Crippen LogP contribution is 2.36. The predicted octanol–water partition coefficient (Wildman–Crippen LogP) is 7.69. The summed E-state index contributed by atoms with van der Waals surface area (Å²) in [6.45, 7) is 0. The maximum absolute atomic E-state index is 5.13. The molecule has 0 saturated carbocycles. The number of rotatable bonds is 0. The number of nitrogens with one attached hydrogen (secondary N) is 2. The van der Waals surface area contributed by atoms with Crippen LogP contribution in [-0.4, -0.2) is 44.9 Å².